The number of sulfonamides is 1. The number of rotatable bonds is 20. The molecule has 1 unspecified atom stereocenters. The summed E-state index contributed by atoms with van der Waals surface area (Å²) >= 11 is 0. The number of nitrogens with zero attached hydrogens (tertiary/aromatic N) is 2. The van der Waals surface area contributed by atoms with Gasteiger partial charge < -0.3 is 19.1 Å². The lowest BCUT2D eigenvalue weighted by atomic mass is 9.82. The standard InChI is InChI=1S/C43H59N3O9S/c1-9-12-15-27(4)20-28(5)34(22-38(48)55-42(6,7)8)40(49)46-26-30(54-39-33-17-14-13-16-32(33)37(25-44-39)53-11-3)21-35(46)36(47)24-43(23-29(43)10-2)41(50)45-56(51,52)31-18-19-31/h9-10,13-14,16-17,25,27-31,34-35H,1-2,11-12,15,18-24,26H2,3-8H3,(H,45,50)/t27?,28-,29-,30-,34+,35+,43-/m1/s1. The molecule has 5 rings (SSSR count). The Hall–Kier alpha value is -4.26. The van der Waals surface area contributed by atoms with Crippen LogP contribution in [0.3, 0.4) is 0 Å². The summed E-state index contributed by atoms with van der Waals surface area (Å²) in [6.07, 6.45) is 7.57. The van der Waals surface area contributed by atoms with Crippen molar-refractivity contribution in [1.29, 1.82) is 0 Å². The number of ketones is 1. The molecule has 2 heterocycles. The van der Waals surface area contributed by atoms with Crippen molar-refractivity contribution in [2.75, 3.05) is 13.2 Å². The van der Waals surface area contributed by atoms with Crippen LogP contribution in [0.1, 0.15) is 99.3 Å². The molecule has 0 bridgehead atoms. The van der Waals surface area contributed by atoms with Crippen LogP contribution < -0.4 is 14.2 Å². The number of fused-ring (bicyclic) bond motifs is 1. The zero-order chi connectivity index (χ0) is 41.0. The summed E-state index contributed by atoms with van der Waals surface area (Å²) in [6, 6.07) is 6.52. The number of amides is 2. The molecule has 0 spiro atoms. The Morgan fingerprint density at radius 3 is 2.41 bits per heavy atom. The van der Waals surface area contributed by atoms with Crippen molar-refractivity contribution in [2.24, 2.45) is 29.1 Å². The van der Waals surface area contributed by atoms with Crippen molar-refractivity contribution in [3.8, 4) is 11.6 Å². The van der Waals surface area contributed by atoms with Crippen molar-refractivity contribution in [3.05, 3.63) is 55.8 Å². The van der Waals surface area contributed by atoms with Gasteiger partial charge in [0.2, 0.25) is 27.7 Å². The summed E-state index contributed by atoms with van der Waals surface area (Å²) in [4.78, 5) is 62.6. The maximum Gasteiger partial charge on any atom is 0.307 e. The molecule has 1 N–H and O–H groups in total. The van der Waals surface area contributed by atoms with Crippen LogP contribution in [0.5, 0.6) is 11.6 Å². The van der Waals surface area contributed by atoms with E-state index < -0.39 is 62.1 Å². The number of carbonyl (C=O) groups excluding carboxylic acids is 4. The van der Waals surface area contributed by atoms with Gasteiger partial charge in [0.05, 0.1) is 48.4 Å². The maximum absolute atomic E-state index is 14.9. The van der Waals surface area contributed by atoms with E-state index in [2.05, 4.69) is 29.8 Å². The minimum absolute atomic E-state index is 0.0299. The smallest absolute Gasteiger partial charge is 0.307 e. The third kappa shape index (κ3) is 10.2. The molecule has 1 aliphatic heterocycles. The van der Waals surface area contributed by atoms with E-state index in [0.29, 0.717) is 42.9 Å². The van der Waals surface area contributed by atoms with Gasteiger partial charge in [-0.2, -0.15) is 0 Å². The van der Waals surface area contributed by atoms with E-state index in [-0.39, 0.29) is 55.8 Å². The number of nitrogens with one attached hydrogen (secondary N) is 1. The molecule has 3 fully saturated rings. The number of allylic oxidation sites excluding steroid dienone is 2. The van der Waals surface area contributed by atoms with Gasteiger partial charge in [-0.05, 0) is 90.0 Å². The third-order valence-corrected chi connectivity index (χ3v) is 13.0. The van der Waals surface area contributed by atoms with Crippen LogP contribution in [-0.4, -0.2) is 78.0 Å². The van der Waals surface area contributed by atoms with Gasteiger partial charge in [0.1, 0.15) is 17.5 Å². The first-order chi connectivity index (χ1) is 26.4. The molecule has 2 aliphatic carbocycles. The van der Waals surface area contributed by atoms with E-state index in [4.69, 9.17) is 14.2 Å². The first-order valence-corrected chi connectivity index (χ1v) is 21.5. The predicted molar refractivity (Wildman–Crippen MR) is 214 cm³/mol. The zero-order valence-corrected chi connectivity index (χ0v) is 34.6. The molecule has 2 aromatic rings. The lowest BCUT2D eigenvalue weighted by Crippen LogP contribution is -2.47. The fourth-order valence-corrected chi connectivity index (χ4v) is 9.41. The minimum Gasteiger partial charge on any atom is -0.492 e. The molecule has 1 aromatic carbocycles. The molecule has 56 heavy (non-hydrogen) atoms. The number of Topliss-reactive ketones (excluding diaryl/α,β-unsaturated/α-hetero) is 1. The molecule has 7 atom stereocenters. The first kappa shape index (κ1) is 42.9. The highest BCUT2D eigenvalue weighted by molar-refractivity contribution is 7.90. The average Bonchev–Trinajstić information content (AvgIpc) is 4.06. The van der Waals surface area contributed by atoms with Crippen molar-refractivity contribution in [1.82, 2.24) is 14.6 Å². The Kier molecular flexibility index (Phi) is 13.4. The Morgan fingerprint density at radius 2 is 1.80 bits per heavy atom. The monoisotopic (exact) mass is 793 g/mol. The van der Waals surface area contributed by atoms with Gasteiger partial charge in [0.25, 0.3) is 0 Å². The van der Waals surface area contributed by atoms with Crippen molar-refractivity contribution in [3.63, 3.8) is 0 Å². The topological polar surface area (TPSA) is 158 Å². The molecule has 2 amide bonds. The molecule has 3 aliphatic rings. The first-order valence-electron chi connectivity index (χ1n) is 19.9. The SMILES string of the molecule is C=CCCC(C)C[C@@H](C)[C@H](CC(=O)OC(C)(C)C)C(=O)N1C[C@H](Oc2ncc(OCC)c3ccccc23)C[C@H]1C(=O)C[C@]1(C(=O)NS(=O)(=O)C2CC2)C[C@H]1C=C. The molecule has 1 saturated heterocycles. The Morgan fingerprint density at radius 1 is 1.11 bits per heavy atom. The molecule has 13 heteroatoms. The highest BCUT2D eigenvalue weighted by Gasteiger charge is 2.61. The van der Waals surface area contributed by atoms with Crippen LogP contribution in [0.25, 0.3) is 10.8 Å². The molecule has 2 saturated carbocycles. The third-order valence-electron chi connectivity index (χ3n) is 11.2. The second-order valence-corrected chi connectivity index (χ2v) is 19.0. The van der Waals surface area contributed by atoms with Crippen molar-refractivity contribution >= 4 is 44.4 Å². The van der Waals surface area contributed by atoms with E-state index in [0.717, 1.165) is 18.2 Å². The number of esters is 1. The van der Waals surface area contributed by atoms with Crippen LogP contribution in [0, 0.1) is 29.1 Å². The largest absolute Gasteiger partial charge is 0.492 e. The van der Waals surface area contributed by atoms with Gasteiger partial charge in [-0.15, -0.1) is 13.2 Å². The van der Waals surface area contributed by atoms with E-state index in [1.165, 1.54) is 4.90 Å². The van der Waals surface area contributed by atoms with Crippen LogP contribution in [0.15, 0.2) is 55.8 Å². The summed E-state index contributed by atoms with van der Waals surface area (Å²) in [5.41, 5.74) is -2.07. The van der Waals surface area contributed by atoms with Gasteiger partial charge in [-0.25, -0.2) is 13.4 Å². The summed E-state index contributed by atoms with van der Waals surface area (Å²) in [5, 5.41) is 0.889. The quantitative estimate of drug-likeness (QED) is 0.113. The van der Waals surface area contributed by atoms with Gasteiger partial charge in [-0.1, -0.05) is 44.2 Å². The number of ether oxygens (including phenoxy) is 3. The average molecular weight is 794 g/mol. The minimum atomic E-state index is -3.86. The Labute approximate surface area is 331 Å². The van der Waals surface area contributed by atoms with Gasteiger partial charge in [0, 0.05) is 23.6 Å². The number of carbonyl (C=O) groups is 4. The molecule has 12 nitrogen and oxygen atoms in total. The lowest BCUT2D eigenvalue weighted by Gasteiger charge is -2.32. The fourth-order valence-electron chi connectivity index (χ4n) is 8.03. The lowest BCUT2D eigenvalue weighted by molar-refractivity contribution is -0.160. The molecular weight excluding hydrogens is 735 g/mol. The summed E-state index contributed by atoms with van der Waals surface area (Å²) in [6.45, 7) is 19.4. The van der Waals surface area contributed by atoms with E-state index in [1.807, 2.05) is 44.2 Å². The van der Waals surface area contributed by atoms with E-state index in [1.54, 1.807) is 33.0 Å². The number of aromatic nitrogens is 1. The molecule has 306 valence electrons. The number of likely N-dealkylation sites (tertiary alicyclic amines) is 1. The molecule has 1 aromatic heterocycles. The summed E-state index contributed by atoms with van der Waals surface area (Å²) in [7, 11) is -3.86. The van der Waals surface area contributed by atoms with Crippen molar-refractivity contribution in [2.45, 2.75) is 122 Å². The number of hydrogen-bond acceptors (Lipinski definition) is 10. The van der Waals surface area contributed by atoms with E-state index in [9.17, 15) is 27.6 Å². The van der Waals surface area contributed by atoms with Gasteiger partial charge in [-0.3, -0.25) is 23.9 Å². The number of hydrogen-bond donors (Lipinski definition) is 1. The van der Waals surface area contributed by atoms with Crippen molar-refractivity contribution < 1.29 is 41.8 Å². The molecule has 0 radical (unpaired) electrons. The Balaban J connectivity index is 1.47. The maximum atomic E-state index is 14.9. The van der Waals surface area contributed by atoms with Crippen LogP contribution in [-0.2, 0) is 33.9 Å². The number of benzene rings is 1. The van der Waals surface area contributed by atoms with Crippen LogP contribution >= 0.6 is 0 Å². The molecular formula is C43H59N3O9S. The summed E-state index contributed by atoms with van der Waals surface area (Å²) in [5.74, 6) is -2.31. The fraction of sp³-hybridized carbons (Fsp3) is 0.605. The second kappa shape index (κ2) is 17.5. The highest BCUT2D eigenvalue weighted by atomic mass is 32.2. The van der Waals surface area contributed by atoms with E-state index >= 15 is 0 Å². The van der Waals surface area contributed by atoms with Gasteiger partial charge >= 0.3 is 5.97 Å². The Bertz CT molecular complexity index is 1920. The highest BCUT2D eigenvalue weighted by Crippen LogP contribution is 2.57. The van der Waals surface area contributed by atoms with Crippen LogP contribution in [0.2, 0.25) is 0 Å². The normalized spacial score (nSPS) is 23.8. The summed E-state index contributed by atoms with van der Waals surface area (Å²) < 4.78 is 45.9. The zero-order valence-electron chi connectivity index (χ0n) is 33.8. The number of pyridine rings is 1. The van der Waals surface area contributed by atoms with Gasteiger partial charge in [0.15, 0.2) is 5.78 Å². The second-order valence-electron chi connectivity index (χ2n) is 17.0. The predicted octanol–water partition coefficient (Wildman–Crippen LogP) is 6.72. The van der Waals surface area contributed by atoms with Crippen LogP contribution in [0.4, 0.5) is 0 Å².